The molecule has 4 nitrogen and oxygen atoms in total. The predicted molar refractivity (Wildman–Crippen MR) is 92.8 cm³/mol. The minimum atomic E-state index is -0.393. The van der Waals surface area contributed by atoms with Crippen molar-refractivity contribution in [1.29, 1.82) is 0 Å². The van der Waals surface area contributed by atoms with Gasteiger partial charge < -0.3 is 19.9 Å². The van der Waals surface area contributed by atoms with E-state index in [2.05, 4.69) is 17.4 Å². The predicted octanol–water partition coefficient (Wildman–Crippen LogP) is 3.03. The molecule has 126 valence electrons. The van der Waals surface area contributed by atoms with Crippen LogP contribution in [0.3, 0.4) is 0 Å². The van der Waals surface area contributed by atoms with Crippen molar-refractivity contribution >= 4 is 11.6 Å². The van der Waals surface area contributed by atoms with Crippen molar-refractivity contribution in [2.24, 2.45) is 0 Å². The number of halogens is 1. The Bertz CT molecular complexity index is 764. The molecule has 5 heteroatoms. The van der Waals surface area contributed by atoms with E-state index in [0.29, 0.717) is 36.3 Å². The Balaban J connectivity index is 1.57. The molecule has 0 bridgehead atoms. The van der Waals surface area contributed by atoms with Gasteiger partial charge in [-0.3, -0.25) is 0 Å². The van der Waals surface area contributed by atoms with Crippen molar-refractivity contribution in [2.45, 2.75) is 24.9 Å². The number of aryl methyl sites for hydroxylation is 1. The van der Waals surface area contributed by atoms with Crippen LogP contribution in [0.2, 0.25) is 5.02 Å². The fourth-order valence-electron chi connectivity index (χ4n) is 3.63. The van der Waals surface area contributed by atoms with E-state index in [1.165, 1.54) is 11.1 Å². The van der Waals surface area contributed by atoms with Gasteiger partial charge >= 0.3 is 0 Å². The van der Waals surface area contributed by atoms with E-state index in [9.17, 15) is 5.11 Å². The summed E-state index contributed by atoms with van der Waals surface area (Å²) >= 11 is 6.31. The lowest BCUT2D eigenvalue weighted by atomic mass is 9.92. The first-order chi connectivity index (χ1) is 11.7. The summed E-state index contributed by atoms with van der Waals surface area (Å²) in [6.07, 6.45) is 1.87. The Morgan fingerprint density at radius 1 is 1.17 bits per heavy atom. The van der Waals surface area contributed by atoms with Crippen LogP contribution in [0, 0.1) is 0 Å². The molecule has 0 aromatic heterocycles. The van der Waals surface area contributed by atoms with Crippen LogP contribution in [0.5, 0.6) is 11.5 Å². The third kappa shape index (κ3) is 2.65. The highest BCUT2D eigenvalue weighted by molar-refractivity contribution is 6.32. The number of rotatable bonds is 4. The van der Waals surface area contributed by atoms with Gasteiger partial charge in [-0.15, -0.1) is 0 Å². The summed E-state index contributed by atoms with van der Waals surface area (Å²) in [5.74, 6) is 1.31. The van der Waals surface area contributed by atoms with E-state index in [1.54, 1.807) is 0 Å². The molecule has 1 aliphatic carbocycles. The zero-order valence-electron chi connectivity index (χ0n) is 13.3. The quantitative estimate of drug-likeness (QED) is 0.894. The van der Waals surface area contributed by atoms with Crippen LogP contribution >= 0.6 is 11.6 Å². The maximum absolute atomic E-state index is 10.1. The van der Waals surface area contributed by atoms with Crippen LogP contribution in [0.25, 0.3) is 0 Å². The first-order valence-corrected chi connectivity index (χ1v) is 8.62. The highest BCUT2D eigenvalue weighted by atomic mass is 35.5. The highest BCUT2D eigenvalue weighted by Crippen LogP contribution is 2.40. The lowest BCUT2D eigenvalue weighted by molar-refractivity contribution is 0.158. The van der Waals surface area contributed by atoms with Gasteiger partial charge in [0.15, 0.2) is 11.5 Å². The molecule has 1 heterocycles. The lowest BCUT2D eigenvalue weighted by Gasteiger charge is -2.30. The summed E-state index contributed by atoms with van der Waals surface area (Å²) in [6.45, 7) is 1.73. The van der Waals surface area contributed by atoms with Crippen molar-refractivity contribution in [3.63, 3.8) is 0 Å². The van der Waals surface area contributed by atoms with E-state index in [4.69, 9.17) is 21.1 Å². The highest BCUT2D eigenvalue weighted by Gasteiger charge is 2.37. The SMILES string of the molecule is OCC1(NCc2cc(Cl)c3c(c2)OCCO3)CCc2ccccc21. The first-order valence-electron chi connectivity index (χ1n) is 8.24. The van der Waals surface area contributed by atoms with Gasteiger partial charge in [0.1, 0.15) is 13.2 Å². The number of benzene rings is 2. The Hall–Kier alpha value is -1.75. The van der Waals surface area contributed by atoms with Crippen molar-refractivity contribution < 1.29 is 14.6 Å². The summed E-state index contributed by atoms with van der Waals surface area (Å²) in [4.78, 5) is 0. The molecule has 2 aliphatic rings. The summed E-state index contributed by atoms with van der Waals surface area (Å²) in [7, 11) is 0. The number of ether oxygens (including phenoxy) is 2. The van der Waals surface area contributed by atoms with Crippen LogP contribution in [-0.4, -0.2) is 24.9 Å². The van der Waals surface area contributed by atoms with Gasteiger partial charge in [0.25, 0.3) is 0 Å². The number of aliphatic hydroxyl groups is 1. The zero-order chi connectivity index (χ0) is 16.6. The second-order valence-electron chi connectivity index (χ2n) is 6.35. The van der Waals surface area contributed by atoms with E-state index < -0.39 is 5.54 Å². The maximum atomic E-state index is 10.1. The molecule has 2 aromatic carbocycles. The van der Waals surface area contributed by atoms with Gasteiger partial charge in [0.05, 0.1) is 17.2 Å². The molecule has 2 aromatic rings. The maximum Gasteiger partial charge on any atom is 0.179 e. The average Bonchev–Trinajstić information content (AvgIpc) is 3.00. The largest absolute Gasteiger partial charge is 0.486 e. The van der Waals surface area contributed by atoms with E-state index in [0.717, 1.165) is 18.4 Å². The minimum absolute atomic E-state index is 0.0717. The molecule has 0 spiro atoms. The van der Waals surface area contributed by atoms with Gasteiger partial charge in [-0.05, 0) is 41.7 Å². The van der Waals surface area contributed by atoms with Crippen LogP contribution in [0.4, 0.5) is 0 Å². The second-order valence-corrected chi connectivity index (χ2v) is 6.76. The number of hydrogen-bond donors (Lipinski definition) is 2. The fourth-order valence-corrected chi connectivity index (χ4v) is 3.92. The molecule has 0 saturated heterocycles. The lowest BCUT2D eigenvalue weighted by Crippen LogP contribution is -2.43. The summed E-state index contributed by atoms with van der Waals surface area (Å²) < 4.78 is 11.2. The first kappa shape index (κ1) is 15.8. The summed E-state index contributed by atoms with van der Waals surface area (Å²) in [5.41, 5.74) is 3.12. The molecule has 0 radical (unpaired) electrons. The van der Waals surface area contributed by atoms with E-state index in [-0.39, 0.29) is 6.61 Å². The molecular formula is C19H20ClNO3. The number of fused-ring (bicyclic) bond motifs is 2. The average molecular weight is 346 g/mol. The normalized spacial score (nSPS) is 21.6. The molecule has 2 N–H and O–H groups in total. The smallest absolute Gasteiger partial charge is 0.179 e. The topological polar surface area (TPSA) is 50.7 Å². The van der Waals surface area contributed by atoms with Crippen molar-refractivity contribution in [3.05, 3.63) is 58.1 Å². The van der Waals surface area contributed by atoms with Crippen molar-refractivity contribution in [3.8, 4) is 11.5 Å². The molecule has 1 aliphatic heterocycles. The second kappa shape index (κ2) is 6.28. The molecule has 0 saturated carbocycles. The third-order valence-electron chi connectivity index (χ3n) is 4.91. The Morgan fingerprint density at radius 2 is 2.00 bits per heavy atom. The van der Waals surface area contributed by atoms with Gasteiger partial charge in [0.2, 0.25) is 0 Å². The van der Waals surface area contributed by atoms with Crippen LogP contribution < -0.4 is 14.8 Å². The number of aliphatic hydroxyl groups excluding tert-OH is 1. The fraction of sp³-hybridized carbons (Fsp3) is 0.368. The van der Waals surface area contributed by atoms with Gasteiger partial charge in [-0.25, -0.2) is 0 Å². The van der Waals surface area contributed by atoms with Crippen LogP contribution in [0.15, 0.2) is 36.4 Å². The molecule has 1 atom stereocenters. The molecule has 4 rings (SSSR count). The number of hydrogen-bond acceptors (Lipinski definition) is 4. The third-order valence-corrected chi connectivity index (χ3v) is 5.19. The van der Waals surface area contributed by atoms with Gasteiger partial charge in [-0.2, -0.15) is 0 Å². The summed E-state index contributed by atoms with van der Waals surface area (Å²) in [5, 5.41) is 14.2. The summed E-state index contributed by atoms with van der Waals surface area (Å²) in [6, 6.07) is 12.2. The zero-order valence-corrected chi connectivity index (χ0v) is 14.1. The van der Waals surface area contributed by atoms with E-state index >= 15 is 0 Å². The molecule has 0 amide bonds. The molecular weight excluding hydrogens is 326 g/mol. The van der Waals surface area contributed by atoms with Crippen LogP contribution in [-0.2, 0) is 18.5 Å². The van der Waals surface area contributed by atoms with Crippen LogP contribution in [0.1, 0.15) is 23.1 Å². The van der Waals surface area contributed by atoms with Crippen molar-refractivity contribution in [1.82, 2.24) is 5.32 Å². The monoisotopic (exact) mass is 345 g/mol. The van der Waals surface area contributed by atoms with Gasteiger partial charge in [0, 0.05) is 6.54 Å². The minimum Gasteiger partial charge on any atom is -0.486 e. The molecule has 0 fully saturated rings. The Labute approximate surface area is 146 Å². The standard InChI is InChI=1S/C19H20ClNO3/c20-16-9-13(10-17-18(16)24-8-7-23-17)11-21-19(12-22)6-5-14-3-1-2-4-15(14)19/h1-4,9-10,21-22H,5-8,11-12H2. The Kier molecular flexibility index (Phi) is 4.12. The molecule has 1 unspecified atom stereocenters. The van der Waals surface area contributed by atoms with Crippen molar-refractivity contribution in [2.75, 3.05) is 19.8 Å². The molecule has 24 heavy (non-hydrogen) atoms. The van der Waals surface area contributed by atoms with E-state index in [1.807, 2.05) is 24.3 Å². The Morgan fingerprint density at radius 3 is 2.88 bits per heavy atom. The number of nitrogens with one attached hydrogen (secondary N) is 1. The van der Waals surface area contributed by atoms with Gasteiger partial charge in [-0.1, -0.05) is 35.9 Å².